The van der Waals surface area contributed by atoms with Crippen LogP contribution < -0.4 is 0 Å². The van der Waals surface area contributed by atoms with Gasteiger partial charge < -0.3 is 9.47 Å². The van der Waals surface area contributed by atoms with Crippen LogP contribution in [0.15, 0.2) is 0 Å². The van der Waals surface area contributed by atoms with Gasteiger partial charge in [0.2, 0.25) is 0 Å². The van der Waals surface area contributed by atoms with Crippen LogP contribution in [-0.2, 0) is 14.3 Å². The van der Waals surface area contributed by atoms with Gasteiger partial charge in [0.25, 0.3) is 0 Å². The Morgan fingerprint density at radius 1 is 1.26 bits per heavy atom. The van der Waals surface area contributed by atoms with Crippen molar-refractivity contribution in [3.8, 4) is 0 Å². The number of amides is 1. The topological polar surface area (TPSA) is 55.8 Å². The molecule has 2 fully saturated rings. The number of carbonyl (C=O) groups is 2. The van der Waals surface area contributed by atoms with Gasteiger partial charge in [-0.05, 0) is 39.5 Å². The molecular formula is C13H20FNO4. The second-order valence-electron chi connectivity index (χ2n) is 6.17. The van der Waals surface area contributed by atoms with Gasteiger partial charge in [0, 0.05) is 0 Å². The maximum atomic E-state index is 13.8. The van der Waals surface area contributed by atoms with Crippen LogP contribution in [0.2, 0.25) is 0 Å². The summed E-state index contributed by atoms with van der Waals surface area (Å²) in [7, 11) is 1.27. The molecule has 2 aliphatic rings. The van der Waals surface area contributed by atoms with Crippen LogP contribution in [0.1, 0.15) is 33.6 Å². The van der Waals surface area contributed by atoms with E-state index < -0.39 is 35.9 Å². The Kier molecular flexibility index (Phi) is 3.45. The molecule has 0 aromatic carbocycles. The molecule has 0 spiro atoms. The zero-order valence-electron chi connectivity index (χ0n) is 11.7. The molecule has 0 N–H and O–H groups in total. The fourth-order valence-electron chi connectivity index (χ4n) is 2.97. The highest BCUT2D eigenvalue weighted by Crippen LogP contribution is 2.45. The molecule has 19 heavy (non-hydrogen) atoms. The van der Waals surface area contributed by atoms with Gasteiger partial charge in [-0.3, -0.25) is 4.90 Å². The van der Waals surface area contributed by atoms with E-state index >= 15 is 0 Å². The SMILES string of the molecule is COC(=O)[C@H]1[C@H]2CC([C@H](F)C2)N1C(=O)OC(C)(C)C. The molecule has 2 rings (SSSR count). The summed E-state index contributed by atoms with van der Waals surface area (Å²) in [5.74, 6) is -0.662. The summed E-state index contributed by atoms with van der Waals surface area (Å²) in [5.41, 5.74) is -0.675. The normalized spacial score (nSPS) is 33.4. The van der Waals surface area contributed by atoms with Crippen molar-refractivity contribution in [2.24, 2.45) is 5.92 Å². The Labute approximate surface area is 112 Å². The second kappa shape index (κ2) is 4.65. The summed E-state index contributed by atoms with van der Waals surface area (Å²) >= 11 is 0. The molecule has 1 heterocycles. The first-order valence-electron chi connectivity index (χ1n) is 6.48. The molecule has 1 aliphatic carbocycles. The first-order valence-corrected chi connectivity index (χ1v) is 6.48. The Hall–Kier alpha value is -1.33. The molecule has 5 nitrogen and oxygen atoms in total. The molecule has 1 saturated heterocycles. The third-order valence-electron chi connectivity index (χ3n) is 3.64. The van der Waals surface area contributed by atoms with Crippen LogP contribution in [0.25, 0.3) is 0 Å². The smallest absolute Gasteiger partial charge is 0.411 e. The molecule has 1 aliphatic heterocycles. The van der Waals surface area contributed by atoms with Gasteiger partial charge in [-0.2, -0.15) is 0 Å². The van der Waals surface area contributed by atoms with Gasteiger partial charge in [0.1, 0.15) is 17.8 Å². The fourth-order valence-corrected chi connectivity index (χ4v) is 2.97. The fraction of sp³-hybridized carbons (Fsp3) is 0.846. The number of hydrogen-bond acceptors (Lipinski definition) is 4. The summed E-state index contributed by atoms with van der Waals surface area (Å²) in [6.45, 7) is 5.21. The summed E-state index contributed by atoms with van der Waals surface area (Å²) in [6, 6.07) is -1.28. The van der Waals surface area contributed by atoms with E-state index in [2.05, 4.69) is 0 Å². The molecule has 4 atom stereocenters. The van der Waals surface area contributed by atoms with E-state index in [0.717, 1.165) is 0 Å². The molecule has 1 saturated carbocycles. The number of fused-ring (bicyclic) bond motifs is 2. The zero-order valence-corrected chi connectivity index (χ0v) is 11.7. The lowest BCUT2D eigenvalue weighted by atomic mass is 9.98. The molecule has 1 amide bonds. The predicted octanol–water partition coefficient (Wildman–Crippen LogP) is 1.90. The lowest BCUT2D eigenvalue weighted by Gasteiger charge is -2.36. The molecule has 2 bridgehead atoms. The van der Waals surface area contributed by atoms with Crippen molar-refractivity contribution >= 4 is 12.1 Å². The maximum absolute atomic E-state index is 13.8. The minimum Gasteiger partial charge on any atom is -0.467 e. The van der Waals surface area contributed by atoms with Crippen LogP contribution >= 0.6 is 0 Å². The van der Waals surface area contributed by atoms with E-state index in [1.807, 2.05) is 0 Å². The van der Waals surface area contributed by atoms with Gasteiger partial charge in [-0.15, -0.1) is 0 Å². The number of esters is 1. The van der Waals surface area contributed by atoms with E-state index in [1.165, 1.54) is 12.0 Å². The summed E-state index contributed by atoms with van der Waals surface area (Å²) < 4.78 is 23.8. The molecule has 6 heteroatoms. The van der Waals surface area contributed by atoms with Crippen LogP contribution in [-0.4, -0.2) is 47.9 Å². The zero-order chi connectivity index (χ0) is 14.4. The lowest BCUT2D eigenvalue weighted by Crippen LogP contribution is -2.54. The van der Waals surface area contributed by atoms with Gasteiger partial charge in [0.15, 0.2) is 0 Å². The van der Waals surface area contributed by atoms with Crippen LogP contribution in [0.4, 0.5) is 9.18 Å². The van der Waals surface area contributed by atoms with E-state index in [4.69, 9.17) is 9.47 Å². The molecule has 0 aromatic rings. The molecule has 0 radical (unpaired) electrons. The van der Waals surface area contributed by atoms with Gasteiger partial charge in [-0.25, -0.2) is 14.0 Å². The van der Waals surface area contributed by atoms with Crippen molar-refractivity contribution < 1.29 is 23.5 Å². The quantitative estimate of drug-likeness (QED) is 0.685. The van der Waals surface area contributed by atoms with Crippen molar-refractivity contribution in [2.45, 2.75) is 57.5 Å². The largest absolute Gasteiger partial charge is 0.467 e. The van der Waals surface area contributed by atoms with Gasteiger partial charge in [-0.1, -0.05) is 0 Å². The van der Waals surface area contributed by atoms with Crippen molar-refractivity contribution in [2.75, 3.05) is 7.11 Å². The molecule has 1 unspecified atom stereocenters. The van der Waals surface area contributed by atoms with Crippen LogP contribution in [0.5, 0.6) is 0 Å². The van der Waals surface area contributed by atoms with Gasteiger partial charge in [0.05, 0.1) is 13.2 Å². The Bertz CT molecular complexity index is 393. The van der Waals surface area contributed by atoms with Crippen LogP contribution in [0.3, 0.4) is 0 Å². The number of carbonyl (C=O) groups excluding carboxylic acids is 2. The third kappa shape index (κ3) is 2.53. The summed E-state index contributed by atoms with van der Waals surface area (Å²) in [4.78, 5) is 25.2. The highest BCUT2D eigenvalue weighted by molar-refractivity contribution is 5.83. The first kappa shape index (κ1) is 14.1. The average Bonchev–Trinajstić information content (AvgIpc) is 2.81. The van der Waals surface area contributed by atoms with E-state index in [9.17, 15) is 14.0 Å². The van der Waals surface area contributed by atoms with Crippen molar-refractivity contribution in [1.29, 1.82) is 0 Å². The van der Waals surface area contributed by atoms with Crippen LogP contribution in [0, 0.1) is 5.92 Å². The van der Waals surface area contributed by atoms with E-state index in [1.54, 1.807) is 20.8 Å². The Balaban J connectivity index is 2.20. The lowest BCUT2D eigenvalue weighted by molar-refractivity contribution is -0.149. The standard InChI is InChI=1S/C13H20FNO4/c1-13(2,3)19-12(17)15-9-6-7(5-8(9)14)10(15)11(16)18-4/h7-10H,5-6H2,1-4H3/t7-,8-,9?,10-/m1/s1. The van der Waals surface area contributed by atoms with Crippen molar-refractivity contribution in [3.05, 3.63) is 0 Å². The number of alkyl halides is 1. The van der Waals surface area contributed by atoms with Crippen molar-refractivity contribution in [3.63, 3.8) is 0 Å². The maximum Gasteiger partial charge on any atom is 0.411 e. The minimum absolute atomic E-state index is 0.167. The number of methoxy groups -OCH3 is 1. The summed E-state index contributed by atoms with van der Waals surface area (Å²) in [6.07, 6.45) is -0.916. The average molecular weight is 273 g/mol. The molecule has 0 aromatic heterocycles. The Morgan fingerprint density at radius 2 is 1.89 bits per heavy atom. The number of halogens is 1. The Morgan fingerprint density at radius 3 is 2.42 bits per heavy atom. The second-order valence-corrected chi connectivity index (χ2v) is 6.17. The summed E-state index contributed by atoms with van der Waals surface area (Å²) in [5, 5.41) is 0. The number of piperidine rings is 1. The van der Waals surface area contributed by atoms with Gasteiger partial charge >= 0.3 is 12.1 Å². The number of nitrogens with zero attached hydrogens (tertiary/aromatic N) is 1. The number of hydrogen-bond donors (Lipinski definition) is 0. The van der Waals surface area contributed by atoms with E-state index in [-0.39, 0.29) is 5.92 Å². The highest BCUT2D eigenvalue weighted by Gasteiger charge is 2.57. The van der Waals surface area contributed by atoms with Crippen molar-refractivity contribution in [1.82, 2.24) is 4.90 Å². The monoisotopic (exact) mass is 273 g/mol. The number of likely N-dealkylation sites (tertiary alicyclic amines) is 1. The molecule has 108 valence electrons. The first-order chi connectivity index (χ1) is 8.74. The minimum atomic E-state index is -1.08. The molecular weight excluding hydrogens is 253 g/mol. The third-order valence-corrected chi connectivity index (χ3v) is 3.64. The number of rotatable bonds is 1. The number of ether oxygens (including phenoxy) is 2. The highest BCUT2D eigenvalue weighted by atomic mass is 19.1. The predicted molar refractivity (Wildman–Crippen MR) is 65.3 cm³/mol. The van der Waals surface area contributed by atoms with E-state index in [0.29, 0.717) is 12.8 Å².